The van der Waals surface area contributed by atoms with E-state index in [1.165, 1.54) is 0 Å². The lowest BCUT2D eigenvalue weighted by atomic mass is 10.1. The highest BCUT2D eigenvalue weighted by molar-refractivity contribution is 5.97. The van der Waals surface area contributed by atoms with Gasteiger partial charge in [0.05, 0.1) is 6.04 Å². The summed E-state index contributed by atoms with van der Waals surface area (Å²) in [5.41, 5.74) is 0.00748. The second-order valence-electron chi connectivity index (χ2n) is 4.15. The molecule has 1 unspecified atom stereocenters. The summed E-state index contributed by atoms with van der Waals surface area (Å²) in [6, 6.07) is 8.87. The highest BCUT2D eigenvalue weighted by Gasteiger charge is 2.12. The molecule has 0 amide bonds. The van der Waals surface area contributed by atoms with Crippen molar-refractivity contribution in [2.24, 2.45) is 0 Å². The number of aromatic nitrogens is 1. The number of aromatic carboxylic acids is 1. The SMILES string of the molecule is C#CC(CC)Nc1nc(C(=O)O)cc2ccccc12. The molecule has 1 heterocycles. The number of terminal acetylenes is 1. The van der Waals surface area contributed by atoms with Crippen molar-refractivity contribution in [1.29, 1.82) is 0 Å². The van der Waals surface area contributed by atoms with Crippen LogP contribution in [0.5, 0.6) is 0 Å². The van der Waals surface area contributed by atoms with E-state index >= 15 is 0 Å². The molecule has 0 fully saturated rings. The quantitative estimate of drug-likeness (QED) is 0.823. The second-order valence-corrected chi connectivity index (χ2v) is 4.15. The maximum absolute atomic E-state index is 11.1. The number of hydrogen-bond acceptors (Lipinski definition) is 3. The van der Waals surface area contributed by atoms with Crippen molar-refractivity contribution in [1.82, 2.24) is 4.98 Å². The zero-order chi connectivity index (χ0) is 13.8. The fourth-order valence-corrected chi connectivity index (χ4v) is 1.84. The molecular formula is C15H14N2O2. The summed E-state index contributed by atoms with van der Waals surface area (Å²) in [6.45, 7) is 1.96. The molecule has 1 aromatic heterocycles. The molecule has 19 heavy (non-hydrogen) atoms. The van der Waals surface area contributed by atoms with E-state index < -0.39 is 5.97 Å². The lowest BCUT2D eigenvalue weighted by Crippen LogP contribution is -2.17. The van der Waals surface area contributed by atoms with E-state index in [0.717, 1.165) is 17.2 Å². The van der Waals surface area contributed by atoms with Gasteiger partial charge >= 0.3 is 5.97 Å². The summed E-state index contributed by atoms with van der Waals surface area (Å²) < 4.78 is 0. The largest absolute Gasteiger partial charge is 0.477 e. The predicted octanol–water partition coefficient (Wildman–Crippen LogP) is 2.76. The van der Waals surface area contributed by atoms with Gasteiger partial charge in [0.25, 0.3) is 0 Å². The molecule has 0 aliphatic carbocycles. The van der Waals surface area contributed by atoms with Crippen LogP contribution in [-0.2, 0) is 0 Å². The first kappa shape index (κ1) is 12.9. The summed E-state index contributed by atoms with van der Waals surface area (Å²) in [5, 5.41) is 13.9. The summed E-state index contributed by atoms with van der Waals surface area (Å²) in [5.74, 6) is 2.08. The standard InChI is InChI=1S/C15H14N2O2/c1-3-11(4-2)16-14-12-8-6-5-7-10(12)9-13(17-14)15(18)19/h1,5-9,11H,4H2,2H3,(H,16,17)(H,18,19). The van der Waals surface area contributed by atoms with Gasteiger partial charge in [-0.25, -0.2) is 9.78 Å². The number of fused-ring (bicyclic) bond motifs is 1. The average molecular weight is 254 g/mol. The highest BCUT2D eigenvalue weighted by atomic mass is 16.4. The van der Waals surface area contributed by atoms with E-state index in [1.807, 2.05) is 31.2 Å². The molecule has 1 aromatic carbocycles. The topological polar surface area (TPSA) is 62.2 Å². The molecule has 0 aliphatic rings. The molecule has 0 aliphatic heterocycles. The molecule has 4 heteroatoms. The Balaban J connectivity index is 2.57. The van der Waals surface area contributed by atoms with Gasteiger partial charge in [-0.15, -0.1) is 6.42 Å². The zero-order valence-electron chi connectivity index (χ0n) is 10.6. The number of anilines is 1. The van der Waals surface area contributed by atoms with Crippen molar-refractivity contribution in [3.05, 3.63) is 36.0 Å². The van der Waals surface area contributed by atoms with Gasteiger partial charge in [0, 0.05) is 5.39 Å². The van der Waals surface area contributed by atoms with Crippen LogP contribution in [0.2, 0.25) is 0 Å². The number of carboxylic acid groups (broad SMARTS) is 1. The maximum atomic E-state index is 11.1. The van der Waals surface area contributed by atoms with E-state index in [0.29, 0.717) is 5.82 Å². The molecule has 4 nitrogen and oxygen atoms in total. The molecule has 0 bridgehead atoms. The number of nitrogens with zero attached hydrogens (tertiary/aromatic N) is 1. The molecule has 2 rings (SSSR count). The Morgan fingerprint density at radius 2 is 2.26 bits per heavy atom. The molecule has 2 N–H and O–H groups in total. The third-order valence-electron chi connectivity index (χ3n) is 2.88. The Morgan fingerprint density at radius 3 is 2.89 bits per heavy atom. The third-order valence-corrected chi connectivity index (χ3v) is 2.88. The number of benzene rings is 1. The zero-order valence-corrected chi connectivity index (χ0v) is 10.6. The number of rotatable bonds is 4. The first-order chi connectivity index (χ1) is 9.15. The third kappa shape index (κ3) is 2.66. The Hall–Kier alpha value is -2.54. The van der Waals surface area contributed by atoms with Gasteiger partial charge in [-0.3, -0.25) is 0 Å². The van der Waals surface area contributed by atoms with Gasteiger partial charge in [-0.05, 0) is 17.9 Å². The van der Waals surface area contributed by atoms with Crippen LogP contribution in [0.15, 0.2) is 30.3 Å². The number of carbonyl (C=O) groups is 1. The van der Waals surface area contributed by atoms with Crippen molar-refractivity contribution in [3.8, 4) is 12.3 Å². The van der Waals surface area contributed by atoms with Crippen LogP contribution >= 0.6 is 0 Å². The smallest absolute Gasteiger partial charge is 0.354 e. The van der Waals surface area contributed by atoms with Crippen LogP contribution in [0, 0.1) is 12.3 Å². The van der Waals surface area contributed by atoms with Crippen LogP contribution in [0.25, 0.3) is 10.8 Å². The fraction of sp³-hybridized carbons (Fsp3) is 0.200. The molecule has 0 spiro atoms. The molecular weight excluding hydrogens is 240 g/mol. The minimum absolute atomic E-state index is 0.00748. The van der Waals surface area contributed by atoms with Crippen molar-refractivity contribution >= 4 is 22.6 Å². The summed E-state index contributed by atoms with van der Waals surface area (Å²) in [6.07, 6.45) is 6.16. The molecule has 0 saturated carbocycles. The van der Waals surface area contributed by atoms with E-state index in [2.05, 4.69) is 16.2 Å². The molecule has 1 atom stereocenters. The Morgan fingerprint density at radius 1 is 1.53 bits per heavy atom. The first-order valence-electron chi connectivity index (χ1n) is 6.01. The highest BCUT2D eigenvalue weighted by Crippen LogP contribution is 2.23. The van der Waals surface area contributed by atoms with Crippen LogP contribution < -0.4 is 5.32 Å². The maximum Gasteiger partial charge on any atom is 0.354 e. The summed E-state index contributed by atoms with van der Waals surface area (Å²) >= 11 is 0. The van der Waals surface area contributed by atoms with Gasteiger partial charge < -0.3 is 10.4 Å². The van der Waals surface area contributed by atoms with Crippen LogP contribution in [0.3, 0.4) is 0 Å². The van der Waals surface area contributed by atoms with Crippen LogP contribution in [-0.4, -0.2) is 22.1 Å². The molecule has 0 radical (unpaired) electrons. The Kier molecular flexibility index (Phi) is 3.67. The van der Waals surface area contributed by atoms with E-state index in [-0.39, 0.29) is 11.7 Å². The lowest BCUT2D eigenvalue weighted by Gasteiger charge is -2.14. The monoisotopic (exact) mass is 254 g/mol. The van der Waals surface area contributed by atoms with Gasteiger partial charge in [0.1, 0.15) is 5.82 Å². The van der Waals surface area contributed by atoms with Gasteiger partial charge in [0.2, 0.25) is 0 Å². The number of nitrogens with one attached hydrogen (secondary N) is 1. The summed E-state index contributed by atoms with van der Waals surface area (Å²) in [7, 11) is 0. The summed E-state index contributed by atoms with van der Waals surface area (Å²) in [4.78, 5) is 15.2. The lowest BCUT2D eigenvalue weighted by molar-refractivity contribution is 0.0691. The van der Waals surface area contributed by atoms with Crippen molar-refractivity contribution < 1.29 is 9.90 Å². The van der Waals surface area contributed by atoms with Gasteiger partial charge in [-0.1, -0.05) is 37.1 Å². The first-order valence-corrected chi connectivity index (χ1v) is 6.01. The predicted molar refractivity (Wildman–Crippen MR) is 75.2 cm³/mol. The molecule has 96 valence electrons. The Labute approximate surface area is 111 Å². The van der Waals surface area contributed by atoms with Crippen molar-refractivity contribution in [2.45, 2.75) is 19.4 Å². The van der Waals surface area contributed by atoms with Gasteiger partial charge in [0.15, 0.2) is 5.69 Å². The number of pyridine rings is 1. The molecule has 2 aromatic rings. The molecule has 0 saturated heterocycles. The van der Waals surface area contributed by atoms with Gasteiger partial charge in [-0.2, -0.15) is 0 Å². The van der Waals surface area contributed by atoms with E-state index in [1.54, 1.807) is 6.07 Å². The average Bonchev–Trinajstić information content (AvgIpc) is 2.44. The number of hydrogen-bond donors (Lipinski definition) is 2. The van der Waals surface area contributed by atoms with Crippen molar-refractivity contribution in [3.63, 3.8) is 0 Å². The second kappa shape index (κ2) is 5.40. The van der Waals surface area contributed by atoms with Crippen LogP contribution in [0.4, 0.5) is 5.82 Å². The Bertz CT molecular complexity index is 659. The van der Waals surface area contributed by atoms with Crippen LogP contribution in [0.1, 0.15) is 23.8 Å². The van der Waals surface area contributed by atoms with E-state index in [9.17, 15) is 4.79 Å². The minimum atomic E-state index is -1.05. The minimum Gasteiger partial charge on any atom is -0.477 e. The number of carboxylic acids is 1. The fourth-order valence-electron chi connectivity index (χ4n) is 1.84. The van der Waals surface area contributed by atoms with Crippen molar-refractivity contribution in [2.75, 3.05) is 5.32 Å². The van der Waals surface area contributed by atoms with E-state index in [4.69, 9.17) is 11.5 Å². The normalized spacial score (nSPS) is 11.8.